The third-order valence-electron chi connectivity index (χ3n) is 5.80. The van der Waals surface area contributed by atoms with E-state index in [2.05, 4.69) is 52.2 Å². The molecule has 2 heterocycles. The third kappa shape index (κ3) is 2.89. The van der Waals surface area contributed by atoms with Gasteiger partial charge >= 0.3 is 6.03 Å². The van der Waals surface area contributed by atoms with Crippen molar-refractivity contribution in [2.75, 3.05) is 34.2 Å². The maximum atomic E-state index is 11.6. The van der Waals surface area contributed by atoms with Crippen LogP contribution in [0, 0.1) is 5.92 Å². The number of carbonyl (C=O) groups excluding carboxylic acids is 1. The molecule has 2 aliphatic rings. The Hall–Kier alpha value is -2.05. The molecule has 25 heavy (non-hydrogen) atoms. The molecule has 3 atom stereocenters. The van der Waals surface area contributed by atoms with Gasteiger partial charge in [0.1, 0.15) is 0 Å². The minimum Gasteiger partial charge on any atom is -0.361 e. The van der Waals surface area contributed by atoms with Gasteiger partial charge in [-0.3, -0.25) is 5.43 Å². The highest BCUT2D eigenvalue weighted by molar-refractivity contribution is 5.88. The molecule has 4 rings (SSSR count). The van der Waals surface area contributed by atoms with E-state index in [1.807, 2.05) is 0 Å². The quantitative estimate of drug-likeness (QED) is 0.747. The van der Waals surface area contributed by atoms with Crippen LogP contribution in [0.15, 0.2) is 24.4 Å². The highest BCUT2D eigenvalue weighted by atomic mass is 16.2. The summed E-state index contributed by atoms with van der Waals surface area (Å²) in [7, 11) is 5.72. The van der Waals surface area contributed by atoms with Crippen LogP contribution in [0.3, 0.4) is 0 Å². The lowest BCUT2D eigenvalue weighted by atomic mass is 9.72. The summed E-state index contributed by atoms with van der Waals surface area (Å²) in [5.74, 6) is 1.08. The number of rotatable bonds is 3. The standard InChI is InChI=1S/C19H27N5O/c1-23(2)19(25)22-21-9-12-7-15-14-5-4-6-16-18(14)13(10-20-16)8-17(15)24(3)11-12/h4-6,10,12,15,17,20-21H,7-9,11H2,1-3H3,(H,22,25)/t12?,15-,17-/m1/s1. The van der Waals surface area contributed by atoms with Gasteiger partial charge in [-0.2, -0.15) is 0 Å². The average Bonchev–Trinajstić information content (AvgIpc) is 3.00. The molecule has 6 nitrogen and oxygen atoms in total. The first-order valence-electron chi connectivity index (χ1n) is 9.04. The van der Waals surface area contributed by atoms with E-state index < -0.39 is 0 Å². The molecular weight excluding hydrogens is 314 g/mol. The van der Waals surface area contributed by atoms with E-state index in [0.29, 0.717) is 17.9 Å². The molecule has 0 bridgehead atoms. The van der Waals surface area contributed by atoms with Crippen molar-refractivity contribution in [3.05, 3.63) is 35.5 Å². The van der Waals surface area contributed by atoms with Gasteiger partial charge in [-0.05, 0) is 43.0 Å². The molecule has 1 unspecified atom stereocenters. The van der Waals surface area contributed by atoms with Crippen molar-refractivity contribution in [1.29, 1.82) is 0 Å². The first-order valence-corrected chi connectivity index (χ1v) is 9.04. The topological polar surface area (TPSA) is 63.4 Å². The molecule has 1 saturated heterocycles. The summed E-state index contributed by atoms with van der Waals surface area (Å²) < 4.78 is 0. The SMILES string of the molecule is CN(C)C(=O)NNCC1C[C@@H]2c3cccc4[nH]cc(c34)C[C@H]2N(C)C1. The van der Waals surface area contributed by atoms with Crippen molar-refractivity contribution < 1.29 is 4.79 Å². The molecule has 2 aromatic rings. The molecule has 0 saturated carbocycles. The molecule has 1 aliphatic heterocycles. The molecule has 3 N–H and O–H groups in total. The van der Waals surface area contributed by atoms with Crippen LogP contribution in [-0.4, -0.2) is 61.1 Å². The highest BCUT2D eigenvalue weighted by Crippen LogP contribution is 2.44. The Balaban J connectivity index is 1.50. The zero-order chi connectivity index (χ0) is 17.6. The molecule has 1 aromatic heterocycles. The second-order valence-corrected chi connectivity index (χ2v) is 7.71. The fourth-order valence-corrected chi connectivity index (χ4v) is 4.58. The lowest BCUT2D eigenvalue weighted by Crippen LogP contribution is -2.52. The van der Waals surface area contributed by atoms with Crippen LogP contribution in [0.1, 0.15) is 23.5 Å². The monoisotopic (exact) mass is 341 g/mol. The molecule has 0 radical (unpaired) electrons. The predicted octanol–water partition coefficient (Wildman–Crippen LogP) is 1.90. The van der Waals surface area contributed by atoms with Gasteiger partial charge in [0.2, 0.25) is 0 Å². The van der Waals surface area contributed by atoms with Crippen molar-refractivity contribution in [2.24, 2.45) is 5.92 Å². The summed E-state index contributed by atoms with van der Waals surface area (Å²) in [6.07, 6.45) is 4.46. The number of likely N-dealkylation sites (N-methyl/N-ethyl adjacent to an activating group) is 1. The number of aromatic amines is 1. The summed E-state index contributed by atoms with van der Waals surface area (Å²) >= 11 is 0. The number of amides is 2. The Morgan fingerprint density at radius 2 is 2.24 bits per heavy atom. The molecule has 134 valence electrons. The number of aromatic nitrogens is 1. The van der Waals surface area contributed by atoms with Crippen molar-refractivity contribution in [1.82, 2.24) is 25.6 Å². The number of carbonyl (C=O) groups is 1. The highest BCUT2D eigenvalue weighted by Gasteiger charge is 2.39. The number of hydrogen-bond acceptors (Lipinski definition) is 3. The first-order chi connectivity index (χ1) is 12.0. The van der Waals surface area contributed by atoms with Gasteiger partial charge in [0.05, 0.1) is 0 Å². The summed E-state index contributed by atoms with van der Waals surface area (Å²) in [4.78, 5) is 19.1. The lowest BCUT2D eigenvalue weighted by Gasteiger charge is -2.45. The van der Waals surface area contributed by atoms with E-state index in [0.717, 1.165) is 25.9 Å². The van der Waals surface area contributed by atoms with Gasteiger partial charge in [-0.15, -0.1) is 0 Å². The van der Waals surface area contributed by atoms with Crippen LogP contribution >= 0.6 is 0 Å². The Kier molecular flexibility index (Phi) is 4.17. The third-order valence-corrected chi connectivity index (χ3v) is 5.80. The van der Waals surface area contributed by atoms with Crippen molar-refractivity contribution in [3.63, 3.8) is 0 Å². The Bertz CT molecular complexity index is 783. The molecule has 0 spiro atoms. The van der Waals surface area contributed by atoms with Gasteiger partial charge in [-0.25, -0.2) is 10.2 Å². The second kappa shape index (κ2) is 6.35. The number of nitrogens with zero attached hydrogens (tertiary/aromatic N) is 2. The Morgan fingerprint density at radius 3 is 3.04 bits per heavy atom. The fraction of sp³-hybridized carbons (Fsp3) is 0.526. The number of nitrogens with one attached hydrogen (secondary N) is 3. The zero-order valence-electron chi connectivity index (χ0n) is 15.2. The van der Waals surface area contributed by atoms with Gasteiger partial charge in [-0.1, -0.05) is 12.1 Å². The van der Waals surface area contributed by atoms with Gasteiger partial charge in [0, 0.05) is 56.2 Å². The van der Waals surface area contributed by atoms with E-state index in [1.54, 1.807) is 14.1 Å². The molecule has 6 heteroatoms. The van der Waals surface area contributed by atoms with E-state index in [4.69, 9.17) is 0 Å². The number of H-pyrrole nitrogens is 1. The van der Waals surface area contributed by atoms with Crippen LogP contribution in [0.25, 0.3) is 10.9 Å². The molecule has 2 amide bonds. The minimum absolute atomic E-state index is 0.110. The maximum Gasteiger partial charge on any atom is 0.331 e. The molecule has 1 fully saturated rings. The number of hydrazine groups is 1. The average molecular weight is 341 g/mol. The number of urea groups is 1. The summed E-state index contributed by atoms with van der Waals surface area (Å²) in [5.41, 5.74) is 10.1. The summed E-state index contributed by atoms with van der Waals surface area (Å²) in [6.45, 7) is 1.85. The first kappa shape index (κ1) is 16.4. The van der Waals surface area contributed by atoms with E-state index in [9.17, 15) is 4.79 Å². The van der Waals surface area contributed by atoms with Crippen LogP contribution in [0.4, 0.5) is 4.79 Å². The number of piperidine rings is 1. The van der Waals surface area contributed by atoms with Crippen LogP contribution in [0.5, 0.6) is 0 Å². The van der Waals surface area contributed by atoms with Gasteiger partial charge in [0.25, 0.3) is 0 Å². The fourth-order valence-electron chi connectivity index (χ4n) is 4.58. The Labute approximate surface area is 148 Å². The number of likely N-dealkylation sites (tertiary alicyclic amines) is 1. The number of benzene rings is 1. The molecular formula is C19H27N5O. The number of fused-ring (bicyclic) bond motifs is 2. The number of hydrogen-bond donors (Lipinski definition) is 3. The van der Waals surface area contributed by atoms with E-state index >= 15 is 0 Å². The lowest BCUT2D eigenvalue weighted by molar-refractivity contribution is 0.109. The zero-order valence-corrected chi connectivity index (χ0v) is 15.2. The van der Waals surface area contributed by atoms with E-state index in [1.165, 1.54) is 26.9 Å². The minimum atomic E-state index is -0.110. The second-order valence-electron chi connectivity index (χ2n) is 7.71. The van der Waals surface area contributed by atoms with Crippen molar-refractivity contribution in [2.45, 2.75) is 24.8 Å². The van der Waals surface area contributed by atoms with E-state index in [-0.39, 0.29) is 6.03 Å². The summed E-state index contributed by atoms with van der Waals surface area (Å²) in [6, 6.07) is 7.10. The largest absolute Gasteiger partial charge is 0.361 e. The molecule has 1 aliphatic carbocycles. The van der Waals surface area contributed by atoms with Crippen LogP contribution in [-0.2, 0) is 6.42 Å². The maximum absolute atomic E-state index is 11.6. The van der Waals surface area contributed by atoms with Crippen LogP contribution in [0.2, 0.25) is 0 Å². The molecule has 1 aromatic carbocycles. The van der Waals surface area contributed by atoms with Crippen LogP contribution < -0.4 is 10.9 Å². The normalized spacial score (nSPS) is 25.6. The Morgan fingerprint density at radius 1 is 1.40 bits per heavy atom. The van der Waals surface area contributed by atoms with Gasteiger partial charge in [0.15, 0.2) is 0 Å². The predicted molar refractivity (Wildman–Crippen MR) is 99.5 cm³/mol. The smallest absolute Gasteiger partial charge is 0.331 e. The van der Waals surface area contributed by atoms with Crippen molar-refractivity contribution >= 4 is 16.9 Å². The summed E-state index contributed by atoms with van der Waals surface area (Å²) in [5, 5.41) is 1.44. The van der Waals surface area contributed by atoms with Gasteiger partial charge < -0.3 is 14.8 Å². The van der Waals surface area contributed by atoms with Crippen molar-refractivity contribution in [3.8, 4) is 0 Å².